The van der Waals surface area contributed by atoms with Gasteiger partial charge in [-0.25, -0.2) is 0 Å². The van der Waals surface area contributed by atoms with Gasteiger partial charge >= 0.3 is 0 Å². The van der Waals surface area contributed by atoms with E-state index in [0.717, 1.165) is 37.4 Å². The first-order chi connectivity index (χ1) is 12.3. The van der Waals surface area contributed by atoms with E-state index in [1.54, 1.807) is 0 Å². The zero-order valence-corrected chi connectivity index (χ0v) is 14.4. The van der Waals surface area contributed by atoms with E-state index in [1.807, 2.05) is 6.07 Å². The fraction of sp³-hybridized carbons (Fsp3) is 0.333. The first-order valence-corrected chi connectivity index (χ1v) is 9.06. The van der Waals surface area contributed by atoms with Crippen LogP contribution in [0.4, 0.5) is 0 Å². The number of benzene rings is 2. The van der Waals surface area contributed by atoms with Crippen LogP contribution in [0, 0.1) is 0 Å². The van der Waals surface area contributed by atoms with Crippen LogP contribution in [0.25, 0.3) is 10.9 Å². The average Bonchev–Trinajstić information content (AvgIpc) is 3.26. The molecule has 0 saturated heterocycles. The summed E-state index contributed by atoms with van der Waals surface area (Å²) in [6.45, 7) is 4.56. The van der Waals surface area contributed by atoms with Gasteiger partial charge in [-0.15, -0.1) is 0 Å². The van der Waals surface area contributed by atoms with Crippen molar-refractivity contribution < 1.29 is 9.47 Å². The smallest absolute Gasteiger partial charge is 0.231 e. The third-order valence-electron chi connectivity index (χ3n) is 5.51. The molecule has 0 saturated carbocycles. The van der Waals surface area contributed by atoms with Crippen molar-refractivity contribution in [2.45, 2.75) is 32.4 Å². The Bertz CT molecular complexity index is 931. The number of H-pyrrole nitrogens is 1. The van der Waals surface area contributed by atoms with Crippen LogP contribution in [0.5, 0.6) is 11.5 Å². The second kappa shape index (κ2) is 5.81. The molecule has 0 amide bonds. The molecule has 0 aliphatic carbocycles. The summed E-state index contributed by atoms with van der Waals surface area (Å²) in [5.41, 5.74) is 5.36. The van der Waals surface area contributed by atoms with Crippen LogP contribution in [0.2, 0.25) is 0 Å². The van der Waals surface area contributed by atoms with Crippen molar-refractivity contribution in [3.05, 3.63) is 59.3 Å². The lowest BCUT2D eigenvalue weighted by Crippen LogP contribution is -2.34. The first kappa shape index (κ1) is 14.8. The van der Waals surface area contributed by atoms with Crippen molar-refractivity contribution in [3.63, 3.8) is 0 Å². The van der Waals surface area contributed by atoms with Gasteiger partial charge in [-0.1, -0.05) is 37.3 Å². The molecular formula is C21H22N2O2. The van der Waals surface area contributed by atoms with E-state index < -0.39 is 0 Å². The summed E-state index contributed by atoms with van der Waals surface area (Å²) < 4.78 is 11.2. The molecule has 25 heavy (non-hydrogen) atoms. The molecule has 0 fully saturated rings. The van der Waals surface area contributed by atoms with E-state index in [-0.39, 0.29) is 0 Å². The van der Waals surface area contributed by atoms with E-state index in [0.29, 0.717) is 12.8 Å². The third kappa shape index (κ3) is 2.32. The largest absolute Gasteiger partial charge is 0.454 e. The molecule has 1 N–H and O–H groups in total. The second-order valence-electron chi connectivity index (χ2n) is 6.86. The minimum atomic E-state index is 0.329. The minimum absolute atomic E-state index is 0.329. The van der Waals surface area contributed by atoms with Crippen molar-refractivity contribution in [2.75, 3.05) is 13.3 Å². The molecule has 2 aromatic carbocycles. The lowest BCUT2D eigenvalue weighted by atomic mass is 9.95. The van der Waals surface area contributed by atoms with Gasteiger partial charge in [0.25, 0.3) is 0 Å². The fourth-order valence-corrected chi connectivity index (χ4v) is 4.35. The molecule has 4 heteroatoms. The highest BCUT2D eigenvalue weighted by molar-refractivity contribution is 5.85. The summed E-state index contributed by atoms with van der Waals surface area (Å²) in [5.74, 6) is 1.79. The molecule has 3 heterocycles. The summed E-state index contributed by atoms with van der Waals surface area (Å²) in [4.78, 5) is 6.25. The molecule has 0 radical (unpaired) electrons. The highest BCUT2D eigenvalue weighted by atomic mass is 16.7. The van der Waals surface area contributed by atoms with Crippen LogP contribution < -0.4 is 9.47 Å². The zero-order chi connectivity index (χ0) is 16.8. The molecule has 5 rings (SSSR count). The lowest BCUT2D eigenvalue weighted by Gasteiger charge is -2.35. The molecule has 2 aliphatic rings. The number of nitrogens with zero attached hydrogens (tertiary/aromatic N) is 1. The maximum absolute atomic E-state index is 5.70. The Hall–Kier alpha value is -2.46. The standard InChI is InChI=1S/C21H22N2O2/c1-2-18-20-16(15-7-3-4-8-17(15)22-20)10-11-23(18)12-14-6-5-9-19-21(14)25-13-24-19/h3-9,18,22H,2,10-13H2,1H3. The normalized spacial score (nSPS) is 19.3. The maximum Gasteiger partial charge on any atom is 0.231 e. The number of hydrogen-bond acceptors (Lipinski definition) is 3. The Morgan fingerprint density at radius 1 is 1.12 bits per heavy atom. The summed E-state index contributed by atoms with van der Waals surface area (Å²) >= 11 is 0. The van der Waals surface area contributed by atoms with Gasteiger partial charge in [0.15, 0.2) is 11.5 Å². The summed E-state index contributed by atoms with van der Waals surface area (Å²) in [5, 5.41) is 1.38. The molecule has 1 atom stereocenters. The Balaban J connectivity index is 1.50. The van der Waals surface area contributed by atoms with Gasteiger partial charge in [-0.2, -0.15) is 0 Å². The number of hydrogen-bond donors (Lipinski definition) is 1. The van der Waals surface area contributed by atoms with Crippen molar-refractivity contribution in [3.8, 4) is 11.5 Å². The summed E-state index contributed by atoms with van der Waals surface area (Å²) in [6.07, 6.45) is 2.18. The van der Waals surface area contributed by atoms with Crippen molar-refractivity contribution in [1.29, 1.82) is 0 Å². The second-order valence-corrected chi connectivity index (χ2v) is 6.86. The molecule has 0 bridgehead atoms. The Kier molecular flexibility index (Phi) is 3.45. The molecule has 128 valence electrons. The molecule has 2 aliphatic heterocycles. The van der Waals surface area contributed by atoms with Crippen LogP contribution in [-0.4, -0.2) is 23.2 Å². The Morgan fingerprint density at radius 2 is 2.04 bits per heavy atom. The van der Waals surface area contributed by atoms with E-state index in [9.17, 15) is 0 Å². The van der Waals surface area contributed by atoms with Gasteiger partial charge in [-0.05, 0) is 30.5 Å². The first-order valence-electron chi connectivity index (χ1n) is 9.06. The molecule has 3 aromatic rings. The molecule has 0 spiro atoms. The van der Waals surface area contributed by atoms with Crippen molar-refractivity contribution in [2.24, 2.45) is 0 Å². The number of rotatable bonds is 3. The van der Waals surface area contributed by atoms with E-state index in [2.05, 4.69) is 53.2 Å². The topological polar surface area (TPSA) is 37.5 Å². The Morgan fingerprint density at radius 3 is 2.96 bits per heavy atom. The predicted octanol–water partition coefficient (Wildman–Crippen LogP) is 4.41. The van der Waals surface area contributed by atoms with E-state index in [1.165, 1.54) is 27.7 Å². The van der Waals surface area contributed by atoms with Crippen molar-refractivity contribution >= 4 is 10.9 Å². The maximum atomic E-state index is 5.70. The number of aromatic amines is 1. The number of para-hydroxylation sites is 2. The van der Waals surface area contributed by atoms with E-state index in [4.69, 9.17) is 9.47 Å². The number of ether oxygens (including phenoxy) is 2. The average molecular weight is 334 g/mol. The van der Waals surface area contributed by atoms with Gasteiger partial charge in [0.05, 0.1) is 6.04 Å². The van der Waals surface area contributed by atoms with Gasteiger partial charge in [0.2, 0.25) is 6.79 Å². The SMILES string of the molecule is CCC1c2[nH]c3ccccc3c2CCN1Cc1cccc2c1OCO2. The third-order valence-corrected chi connectivity index (χ3v) is 5.51. The predicted molar refractivity (Wildman–Crippen MR) is 98.0 cm³/mol. The molecule has 1 aromatic heterocycles. The monoisotopic (exact) mass is 334 g/mol. The van der Waals surface area contributed by atoms with Crippen LogP contribution in [0.15, 0.2) is 42.5 Å². The number of aromatic nitrogens is 1. The summed E-state index contributed by atoms with van der Waals surface area (Å²) in [6, 6.07) is 15.3. The highest BCUT2D eigenvalue weighted by Crippen LogP contribution is 2.40. The van der Waals surface area contributed by atoms with Gasteiger partial charge in [-0.3, -0.25) is 4.90 Å². The van der Waals surface area contributed by atoms with Crippen LogP contribution >= 0.6 is 0 Å². The molecule has 4 nitrogen and oxygen atoms in total. The van der Waals surface area contributed by atoms with Gasteiger partial charge < -0.3 is 14.5 Å². The van der Waals surface area contributed by atoms with Crippen LogP contribution in [0.1, 0.15) is 36.2 Å². The van der Waals surface area contributed by atoms with Gasteiger partial charge in [0.1, 0.15) is 0 Å². The number of nitrogens with one attached hydrogen (secondary N) is 1. The van der Waals surface area contributed by atoms with Crippen molar-refractivity contribution in [1.82, 2.24) is 9.88 Å². The Labute approximate surface area is 147 Å². The molecule has 1 unspecified atom stereocenters. The van der Waals surface area contributed by atoms with Crippen LogP contribution in [-0.2, 0) is 13.0 Å². The number of fused-ring (bicyclic) bond motifs is 4. The zero-order valence-electron chi connectivity index (χ0n) is 14.4. The minimum Gasteiger partial charge on any atom is -0.454 e. The van der Waals surface area contributed by atoms with Gasteiger partial charge in [0, 0.05) is 35.2 Å². The van der Waals surface area contributed by atoms with Crippen LogP contribution in [0.3, 0.4) is 0 Å². The summed E-state index contributed by atoms with van der Waals surface area (Å²) in [7, 11) is 0. The fourth-order valence-electron chi connectivity index (χ4n) is 4.35. The highest BCUT2D eigenvalue weighted by Gasteiger charge is 2.30. The quantitative estimate of drug-likeness (QED) is 0.771. The van der Waals surface area contributed by atoms with E-state index >= 15 is 0 Å². The lowest BCUT2D eigenvalue weighted by molar-refractivity contribution is 0.158. The molecular weight excluding hydrogens is 312 g/mol.